The molecule has 3 radical (unpaired) electrons. The third-order valence-corrected chi connectivity index (χ3v) is 0. The van der Waals surface area contributed by atoms with Crippen LogP contribution in [-0.4, -0.2) is 40.4 Å². The summed E-state index contributed by atoms with van der Waals surface area (Å²) in [5.41, 5.74) is 0. The van der Waals surface area contributed by atoms with E-state index in [0.717, 1.165) is 0 Å². The summed E-state index contributed by atoms with van der Waals surface area (Å²) in [5, 5.41) is 0. The Labute approximate surface area is 71.2 Å². The van der Waals surface area contributed by atoms with Gasteiger partial charge in [-0.2, -0.15) is 0 Å². The van der Waals surface area contributed by atoms with Gasteiger partial charge in [-0.1, -0.05) is 0 Å². The van der Waals surface area contributed by atoms with Gasteiger partial charge in [-0.25, -0.2) is 0 Å². The molecule has 4 heavy (non-hydrogen) atoms. The molecule has 0 fully saturated rings. The van der Waals surface area contributed by atoms with Crippen LogP contribution in [0.3, 0.4) is 0 Å². The van der Waals surface area contributed by atoms with Crippen molar-refractivity contribution < 1.29 is 31.7 Å². The average Bonchev–Trinajstić information content (AvgIpc) is 0. The van der Waals surface area contributed by atoms with Crippen molar-refractivity contribution in [1.29, 1.82) is 0 Å². The smallest absolute Gasteiger partial charge is 2.00 e. The topological polar surface area (TPSA) is 28.5 Å². The van der Waals surface area contributed by atoms with Crippen LogP contribution in [0.1, 0.15) is 0 Å². The Kier molecular flexibility index (Phi) is 170. The molecule has 0 amide bonds. The average molecular weight is 159 g/mol. The molecule has 0 aliphatic heterocycles. The fourth-order valence-corrected chi connectivity index (χ4v) is 0. The van der Waals surface area contributed by atoms with Crippen molar-refractivity contribution >= 4 is 40.4 Å². The number of hydrogen-bond donors (Lipinski definition) is 0. The van der Waals surface area contributed by atoms with Crippen LogP contribution in [0.4, 0.5) is 0 Å². The summed E-state index contributed by atoms with van der Waals surface area (Å²) < 4.78 is 0. The van der Waals surface area contributed by atoms with E-state index in [2.05, 4.69) is 0 Å². The molecule has 0 aliphatic carbocycles. The molecule has 0 N–H and O–H groups in total. The Balaban J connectivity index is 0. The molecule has 0 aromatic rings. The first-order valence-electron chi connectivity index (χ1n) is 0. The molecular weight excluding hydrogens is 159 g/mol. The van der Waals surface area contributed by atoms with Gasteiger partial charge in [0.25, 0.3) is 0 Å². The molecule has 0 saturated carbocycles. The Morgan fingerprint density at radius 1 is 1.00 bits per heavy atom. The standard InChI is InChI=1S/Al.Mg.O.Zr/q;+2;-2;. The summed E-state index contributed by atoms with van der Waals surface area (Å²) in [7, 11) is 0. The van der Waals surface area contributed by atoms with Crippen LogP contribution in [0, 0.1) is 0 Å². The Bertz CT molecular complexity index is 8.00. The van der Waals surface area contributed by atoms with E-state index in [-0.39, 0.29) is 72.1 Å². The van der Waals surface area contributed by atoms with Crippen LogP contribution >= 0.6 is 0 Å². The summed E-state index contributed by atoms with van der Waals surface area (Å²) in [4.78, 5) is 0. The molecule has 1 nitrogen and oxygen atoms in total. The maximum Gasteiger partial charge on any atom is 2.00 e. The van der Waals surface area contributed by atoms with E-state index in [1.54, 1.807) is 0 Å². The second kappa shape index (κ2) is 19.2. The van der Waals surface area contributed by atoms with Crippen LogP contribution in [-0.2, 0) is 31.7 Å². The van der Waals surface area contributed by atoms with E-state index < -0.39 is 0 Å². The van der Waals surface area contributed by atoms with Crippen LogP contribution < -0.4 is 0 Å². The van der Waals surface area contributed by atoms with Gasteiger partial charge in [0, 0.05) is 43.6 Å². The van der Waals surface area contributed by atoms with Crippen LogP contribution in [0.5, 0.6) is 0 Å². The van der Waals surface area contributed by atoms with Gasteiger partial charge in [-0.3, -0.25) is 0 Å². The molecule has 0 heterocycles. The zero-order valence-electron chi connectivity index (χ0n) is 2.19. The van der Waals surface area contributed by atoms with E-state index in [4.69, 9.17) is 0 Å². The normalized spacial score (nSPS) is 0. The van der Waals surface area contributed by atoms with Gasteiger partial charge in [-0.05, 0) is 0 Å². The van der Waals surface area contributed by atoms with Crippen molar-refractivity contribution in [3.8, 4) is 0 Å². The SMILES string of the molecule is [Al].[Mg+2].[O-2].[Zr]. The van der Waals surface area contributed by atoms with E-state index in [1.807, 2.05) is 0 Å². The first-order chi connectivity index (χ1) is 0. The van der Waals surface area contributed by atoms with Gasteiger partial charge in [0.1, 0.15) is 0 Å². The van der Waals surface area contributed by atoms with Gasteiger partial charge in [-0.15, -0.1) is 0 Å². The molecule has 0 atom stereocenters. The van der Waals surface area contributed by atoms with Gasteiger partial charge >= 0.3 is 23.1 Å². The summed E-state index contributed by atoms with van der Waals surface area (Å²) >= 11 is 0. The van der Waals surface area contributed by atoms with E-state index >= 15 is 0 Å². The summed E-state index contributed by atoms with van der Waals surface area (Å²) in [6, 6.07) is 0. The van der Waals surface area contributed by atoms with Crippen molar-refractivity contribution in [2.45, 2.75) is 0 Å². The second-order valence-electron chi connectivity index (χ2n) is 0. The maximum atomic E-state index is 0. The van der Waals surface area contributed by atoms with Gasteiger partial charge < -0.3 is 5.48 Å². The van der Waals surface area contributed by atoms with Gasteiger partial charge in [0.05, 0.1) is 0 Å². The van der Waals surface area contributed by atoms with Crippen molar-refractivity contribution in [2.24, 2.45) is 0 Å². The van der Waals surface area contributed by atoms with Crippen LogP contribution in [0.15, 0.2) is 0 Å². The first-order valence-corrected chi connectivity index (χ1v) is 0. The molecule has 4 heteroatoms. The Morgan fingerprint density at radius 3 is 1.00 bits per heavy atom. The van der Waals surface area contributed by atoms with Crippen molar-refractivity contribution in [3.05, 3.63) is 0 Å². The fraction of sp³-hybridized carbons (Fsp3) is 0. The number of rotatable bonds is 0. The zero-order valence-corrected chi connectivity index (χ0v) is 7.22. The molecule has 0 spiro atoms. The maximum absolute atomic E-state index is 0. The second-order valence-corrected chi connectivity index (χ2v) is 0. The first kappa shape index (κ1) is 35.4. The molecule has 0 saturated heterocycles. The minimum atomic E-state index is 0. The quantitative estimate of drug-likeness (QED) is 0.410. The monoisotopic (exact) mass is 157 g/mol. The minimum Gasteiger partial charge on any atom is -2.00 e. The van der Waals surface area contributed by atoms with E-state index in [9.17, 15) is 0 Å². The number of hydrogen-bond acceptors (Lipinski definition) is 0. The molecule has 0 bridgehead atoms. The largest absolute Gasteiger partial charge is 2.00 e. The fourth-order valence-electron chi connectivity index (χ4n) is 0. The van der Waals surface area contributed by atoms with E-state index in [1.165, 1.54) is 0 Å². The van der Waals surface area contributed by atoms with E-state index in [0.29, 0.717) is 0 Å². The zero-order chi connectivity index (χ0) is 0. The predicted octanol–water partition coefficient (Wildman–Crippen LogP) is -0.883. The molecule has 0 aromatic heterocycles. The third-order valence-electron chi connectivity index (χ3n) is 0. The Morgan fingerprint density at radius 2 is 1.00 bits per heavy atom. The van der Waals surface area contributed by atoms with Gasteiger partial charge in [0.15, 0.2) is 0 Å². The summed E-state index contributed by atoms with van der Waals surface area (Å²) in [5.74, 6) is 0. The minimum absolute atomic E-state index is 0. The predicted molar refractivity (Wildman–Crippen MR) is 12.2 cm³/mol. The molecule has 0 unspecified atom stereocenters. The van der Waals surface area contributed by atoms with Crippen LogP contribution in [0.25, 0.3) is 0 Å². The van der Waals surface area contributed by atoms with Crippen molar-refractivity contribution in [1.82, 2.24) is 0 Å². The Hall–Kier alpha value is 2.14. The molecular formula is AlMgOZr. The summed E-state index contributed by atoms with van der Waals surface area (Å²) in [6.45, 7) is 0. The molecule has 15 valence electrons. The summed E-state index contributed by atoms with van der Waals surface area (Å²) in [6.07, 6.45) is 0. The van der Waals surface area contributed by atoms with Crippen LogP contribution in [0.2, 0.25) is 0 Å². The molecule has 0 aromatic carbocycles. The third kappa shape index (κ3) is 8.91. The molecule has 0 rings (SSSR count). The van der Waals surface area contributed by atoms with Gasteiger partial charge in [0.2, 0.25) is 0 Å². The van der Waals surface area contributed by atoms with Crippen molar-refractivity contribution in [3.63, 3.8) is 0 Å². The van der Waals surface area contributed by atoms with Crippen molar-refractivity contribution in [2.75, 3.05) is 0 Å². The molecule has 0 aliphatic rings.